The second-order valence-electron chi connectivity index (χ2n) is 7.27. The second-order valence-corrected chi connectivity index (χ2v) is 8.14. The van der Waals surface area contributed by atoms with E-state index >= 15 is 0 Å². The van der Waals surface area contributed by atoms with Crippen molar-refractivity contribution in [1.29, 1.82) is 0 Å². The van der Waals surface area contributed by atoms with Gasteiger partial charge in [-0.25, -0.2) is 4.79 Å². The van der Waals surface area contributed by atoms with E-state index in [2.05, 4.69) is 0 Å². The van der Waals surface area contributed by atoms with E-state index in [1.807, 2.05) is 18.2 Å². The van der Waals surface area contributed by atoms with Gasteiger partial charge in [-0.05, 0) is 41.0 Å². The molecule has 1 amide bonds. The van der Waals surface area contributed by atoms with E-state index in [0.29, 0.717) is 32.3 Å². The zero-order valence-electron chi connectivity index (χ0n) is 17.0. The molecule has 3 aromatic carbocycles. The molecule has 1 aliphatic rings. The molecule has 1 N–H and O–H groups in total. The van der Waals surface area contributed by atoms with Crippen molar-refractivity contribution in [2.75, 3.05) is 7.11 Å². The number of benzene rings is 3. The van der Waals surface area contributed by atoms with Crippen LogP contribution in [0.2, 0.25) is 10.0 Å². The molecule has 5 nitrogen and oxygen atoms in total. The predicted octanol–water partition coefficient (Wildman–Crippen LogP) is 5.76. The molecule has 1 unspecified atom stereocenters. The molecule has 0 aliphatic carbocycles. The number of hydrogen-bond donors (Lipinski definition) is 1. The molecule has 1 aliphatic heterocycles. The van der Waals surface area contributed by atoms with Gasteiger partial charge in [0.1, 0.15) is 0 Å². The zero-order valence-corrected chi connectivity index (χ0v) is 18.5. The third-order valence-electron chi connectivity index (χ3n) is 5.40. The SMILES string of the molecule is COC(=O)C(c1ccc(Cl)cc1)N1C(=O)C(O)=C(c2ccccc2)[C@@H]1c1ccc(Cl)cc1. The van der Waals surface area contributed by atoms with E-state index in [-0.39, 0.29) is 0 Å². The van der Waals surface area contributed by atoms with E-state index < -0.39 is 29.7 Å². The molecule has 0 fully saturated rings. The van der Waals surface area contributed by atoms with Gasteiger partial charge >= 0.3 is 5.97 Å². The van der Waals surface area contributed by atoms with Crippen LogP contribution in [-0.2, 0) is 14.3 Å². The highest BCUT2D eigenvalue weighted by molar-refractivity contribution is 6.30. The molecule has 0 bridgehead atoms. The highest BCUT2D eigenvalue weighted by Gasteiger charge is 2.47. The first kappa shape index (κ1) is 21.9. The summed E-state index contributed by atoms with van der Waals surface area (Å²) in [5.41, 5.74) is 2.27. The van der Waals surface area contributed by atoms with Crippen molar-refractivity contribution in [2.45, 2.75) is 12.1 Å². The highest BCUT2D eigenvalue weighted by atomic mass is 35.5. The van der Waals surface area contributed by atoms with Crippen molar-refractivity contribution in [1.82, 2.24) is 4.90 Å². The molecule has 7 heteroatoms. The largest absolute Gasteiger partial charge is 0.503 e. The van der Waals surface area contributed by atoms with E-state index in [4.69, 9.17) is 27.9 Å². The summed E-state index contributed by atoms with van der Waals surface area (Å²) in [6.07, 6.45) is 0. The number of hydrogen-bond acceptors (Lipinski definition) is 4. The van der Waals surface area contributed by atoms with Crippen LogP contribution < -0.4 is 0 Å². The molecule has 0 saturated heterocycles. The summed E-state index contributed by atoms with van der Waals surface area (Å²) in [5, 5.41) is 12.0. The minimum atomic E-state index is -1.10. The normalized spacial score (nSPS) is 16.9. The fourth-order valence-electron chi connectivity index (χ4n) is 3.94. The number of carbonyl (C=O) groups excluding carboxylic acids is 2. The summed E-state index contributed by atoms with van der Waals surface area (Å²) in [7, 11) is 1.26. The number of ether oxygens (including phenoxy) is 1. The topological polar surface area (TPSA) is 66.8 Å². The van der Waals surface area contributed by atoms with Crippen molar-refractivity contribution in [2.24, 2.45) is 0 Å². The Balaban J connectivity index is 1.92. The Hall–Kier alpha value is -3.28. The Morgan fingerprint density at radius 3 is 2.06 bits per heavy atom. The monoisotopic (exact) mass is 467 g/mol. The van der Waals surface area contributed by atoms with Gasteiger partial charge in [0, 0.05) is 15.6 Å². The first-order valence-electron chi connectivity index (χ1n) is 9.82. The Kier molecular flexibility index (Phi) is 6.21. The number of methoxy groups -OCH3 is 1. The van der Waals surface area contributed by atoms with Crippen LogP contribution >= 0.6 is 23.2 Å². The molecule has 4 rings (SSSR count). The average molecular weight is 468 g/mol. The van der Waals surface area contributed by atoms with Crippen molar-refractivity contribution in [3.05, 3.63) is 111 Å². The number of carbonyl (C=O) groups is 2. The summed E-state index contributed by atoms with van der Waals surface area (Å²) in [5.74, 6) is -1.73. The fraction of sp³-hybridized carbons (Fsp3) is 0.120. The first-order valence-corrected chi connectivity index (χ1v) is 10.6. The van der Waals surface area contributed by atoms with Gasteiger partial charge in [-0.15, -0.1) is 0 Å². The Morgan fingerprint density at radius 1 is 0.938 bits per heavy atom. The number of halogens is 2. The van der Waals surface area contributed by atoms with Crippen molar-refractivity contribution in [3.63, 3.8) is 0 Å². The quantitative estimate of drug-likeness (QED) is 0.484. The maximum Gasteiger partial charge on any atom is 0.333 e. The molecule has 2 atom stereocenters. The van der Waals surface area contributed by atoms with Gasteiger partial charge < -0.3 is 14.7 Å². The van der Waals surface area contributed by atoms with Crippen LogP contribution in [0.5, 0.6) is 0 Å². The van der Waals surface area contributed by atoms with Gasteiger partial charge in [-0.2, -0.15) is 0 Å². The number of aliphatic hydroxyl groups excluding tert-OH is 1. The van der Waals surface area contributed by atoms with Crippen LogP contribution in [-0.4, -0.2) is 29.0 Å². The lowest BCUT2D eigenvalue weighted by atomic mass is 9.92. The predicted molar refractivity (Wildman–Crippen MR) is 123 cm³/mol. The lowest BCUT2D eigenvalue weighted by molar-refractivity contribution is -0.153. The van der Waals surface area contributed by atoms with Crippen LogP contribution in [0.3, 0.4) is 0 Å². The lowest BCUT2D eigenvalue weighted by Gasteiger charge is -2.33. The molecule has 0 aromatic heterocycles. The average Bonchev–Trinajstić information content (AvgIpc) is 3.07. The van der Waals surface area contributed by atoms with Gasteiger partial charge in [-0.1, -0.05) is 77.8 Å². The number of amides is 1. The number of esters is 1. The maximum absolute atomic E-state index is 13.4. The Labute approximate surface area is 195 Å². The van der Waals surface area contributed by atoms with E-state index in [9.17, 15) is 14.7 Å². The Bertz CT molecular complexity index is 1170. The Morgan fingerprint density at radius 2 is 1.50 bits per heavy atom. The van der Waals surface area contributed by atoms with Crippen molar-refractivity contribution < 1.29 is 19.4 Å². The lowest BCUT2D eigenvalue weighted by Crippen LogP contribution is -2.39. The molecule has 32 heavy (non-hydrogen) atoms. The smallest absolute Gasteiger partial charge is 0.333 e. The maximum atomic E-state index is 13.4. The third-order valence-corrected chi connectivity index (χ3v) is 5.91. The summed E-state index contributed by atoms with van der Waals surface area (Å²) >= 11 is 12.1. The fourth-order valence-corrected chi connectivity index (χ4v) is 4.19. The van der Waals surface area contributed by atoms with E-state index in [1.54, 1.807) is 60.7 Å². The van der Waals surface area contributed by atoms with Gasteiger partial charge in [-0.3, -0.25) is 4.79 Å². The highest BCUT2D eigenvalue weighted by Crippen LogP contribution is 2.47. The minimum absolute atomic E-state index is 0.404. The van der Waals surface area contributed by atoms with E-state index in [0.717, 1.165) is 0 Å². The summed E-state index contributed by atoms with van der Waals surface area (Å²) < 4.78 is 5.05. The zero-order chi connectivity index (χ0) is 22.8. The standard InChI is InChI=1S/C25H19Cl2NO4/c1-32-25(31)22(17-9-13-19(27)14-10-17)28-21(16-7-11-18(26)12-8-16)20(23(29)24(28)30)15-5-3-2-4-6-15/h2-14,21-22,29H,1H3/t21-,22?/m0/s1. The number of rotatable bonds is 5. The molecular formula is C25H19Cl2NO4. The first-order chi connectivity index (χ1) is 15.4. The van der Waals surface area contributed by atoms with Crippen LogP contribution in [0.15, 0.2) is 84.6 Å². The van der Waals surface area contributed by atoms with Crippen LogP contribution in [0.4, 0.5) is 0 Å². The van der Waals surface area contributed by atoms with Crippen LogP contribution in [0.1, 0.15) is 28.8 Å². The molecule has 0 radical (unpaired) electrons. The summed E-state index contributed by atoms with van der Waals surface area (Å²) in [6, 6.07) is 20.8. The van der Waals surface area contributed by atoms with Gasteiger partial charge in [0.25, 0.3) is 5.91 Å². The van der Waals surface area contributed by atoms with Gasteiger partial charge in [0.2, 0.25) is 0 Å². The second kappa shape index (κ2) is 9.07. The molecule has 162 valence electrons. The molecule has 3 aromatic rings. The van der Waals surface area contributed by atoms with Gasteiger partial charge in [0.15, 0.2) is 11.8 Å². The molecular weight excluding hydrogens is 449 g/mol. The summed E-state index contributed by atoms with van der Waals surface area (Å²) in [4.78, 5) is 27.7. The van der Waals surface area contributed by atoms with Crippen molar-refractivity contribution >= 4 is 40.7 Å². The van der Waals surface area contributed by atoms with Crippen LogP contribution in [0.25, 0.3) is 5.57 Å². The minimum Gasteiger partial charge on any atom is -0.503 e. The molecule has 0 spiro atoms. The number of nitrogens with zero attached hydrogens (tertiary/aromatic N) is 1. The van der Waals surface area contributed by atoms with Crippen molar-refractivity contribution in [3.8, 4) is 0 Å². The summed E-state index contributed by atoms with van der Waals surface area (Å²) in [6.45, 7) is 0. The van der Waals surface area contributed by atoms with Crippen LogP contribution in [0, 0.1) is 0 Å². The molecule has 1 heterocycles. The third kappa shape index (κ3) is 3.97. The van der Waals surface area contributed by atoms with Gasteiger partial charge in [0.05, 0.1) is 13.2 Å². The number of aliphatic hydroxyl groups is 1. The van der Waals surface area contributed by atoms with E-state index in [1.165, 1.54) is 12.0 Å². The molecule has 0 saturated carbocycles.